The summed E-state index contributed by atoms with van der Waals surface area (Å²) in [5, 5.41) is 8.59. The van der Waals surface area contributed by atoms with Gasteiger partial charge in [-0.1, -0.05) is 0 Å². The number of primary amides is 1. The minimum absolute atomic E-state index is 0.0141. The fraction of sp³-hybridized carbons (Fsp3) is 0.200. The first-order chi connectivity index (χ1) is 7.87. The number of benzene rings is 1. The summed E-state index contributed by atoms with van der Waals surface area (Å²) in [7, 11) is -2.47. The van der Waals surface area contributed by atoms with Crippen LogP contribution < -0.4 is 5.73 Å². The van der Waals surface area contributed by atoms with E-state index in [9.17, 15) is 13.2 Å². The predicted octanol–water partition coefficient (Wildman–Crippen LogP) is -0.336. The van der Waals surface area contributed by atoms with Crippen LogP contribution in [-0.2, 0) is 14.8 Å². The van der Waals surface area contributed by atoms with Crippen LogP contribution in [0.1, 0.15) is 5.56 Å². The number of nitrogens with zero attached hydrogens (tertiary/aromatic N) is 2. The molecule has 0 atom stereocenters. The van der Waals surface area contributed by atoms with Crippen LogP contribution >= 0.6 is 0 Å². The first-order valence-corrected chi connectivity index (χ1v) is 6.06. The summed E-state index contributed by atoms with van der Waals surface area (Å²) in [6.45, 7) is -0.387. The van der Waals surface area contributed by atoms with Gasteiger partial charge in [0.1, 0.15) is 0 Å². The van der Waals surface area contributed by atoms with Crippen molar-refractivity contribution < 1.29 is 13.2 Å². The largest absolute Gasteiger partial charge is 0.369 e. The molecule has 1 amide bonds. The van der Waals surface area contributed by atoms with Gasteiger partial charge in [-0.2, -0.15) is 9.57 Å². The number of sulfonamides is 1. The summed E-state index contributed by atoms with van der Waals surface area (Å²) in [5.41, 5.74) is 5.29. The molecule has 1 aromatic rings. The smallest absolute Gasteiger partial charge is 0.243 e. The molecule has 2 N–H and O–H groups in total. The van der Waals surface area contributed by atoms with E-state index < -0.39 is 15.9 Å². The number of carbonyl (C=O) groups excluding carboxylic acids is 1. The Kier molecular flexibility index (Phi) is 3.83. The van der Waals surface area contributed by atoms with E-state index >= 15 is 0 Å². The highest BCUT2D eigenvalue weighted by atomic mass is 32.2. The standard InChI is InChI=1S/C10H11N3O3S/c1-13(7-10(12)14)17(15,16)9-4-2-8(6-11)3-5-9/h2-5H,7H2,1H3,(H2,12,14). The molecule has 0 saturated carbocycles. The van der Waals surface area contributed by atoms with Gasteiger partial charge in [0.25, 0.3) is 0 Å². The quantitative estimate of drug-likeness (QED) is 0.792. The number of likely N-dealkylation sites (N-methyl/N-ethyl adjacent to an activating group) is 1. The third-order valence-corrected chi connectivity index (χ3v) is 3.89. The maximum atomic E-state index is 11.9. The first kappa shape index (κ1) is 13.2. The molecule has 90 valence electrons. The lowest BCUT2D eigenvalue weighted by Gasteiger charge is -2.15. The van der Waals surface area contributed by atoms with Crippen LogP contribution in [0.4, 0.5) is 0 Å². The minimum atomic E-state index is -3.74. The first-order valence-electron chi connectivity index (χ1n) is 4.62. The fourth-order valence-electron chi connectivity index (χ4n) is 1.19. The molecule has 0 aliphatic heterocycles. The Morgan fingerprint density at radius 1 is 1.41 bits per heavy atom. The highest BCUT2D eigenvalue weighted by Crippen LogP contribution is 2.14. The fourth-order valence-corrected chi connectivity index (χ4v) is 2.32. The van der Waals surface area contributed by atoms with Crippen LogP contribution in [-0.4, -0.2) is 32.2 Å². The second-order valence-electron chi connectivity index (χ2n) is 3.36. The predicted molar refractivity (Wildman–Crippen MR) is 60.2 cm³/mol. The van der Waals surface area contributed by atoms with Gasteiger partial charge < -0.3 is 5.73 Å². The lowest BCUT2D eigenvalue weighted by molar-refractivity contribution is -0.118. The van der Waals surface area contributed by atoms with E-state index in [2.05, 4.69) is 0 Å². The van der Waals surface area contributed by atoms with E-state index in [1.54, 1.807) is 0 Å². The number of rotatable bonds is 4. The van der Waals surface area contributed by atoms with Gasteiger partial charge in [-0.15, -0.1) is 0 Å². The second-order valence-corrected chi connectivity index (χ2v) is 5.41. The molecule has 0 fully saturated rings. The molecule has 0 bridgehead atoms. The zero-order valence-electron chi connectivity index (χ0n) is 9.12. The van der Waals surface area contributed by atoms with Gasteiger partial charge in [0.05, 0.1) is 23.1 Å². The van der Waals surface area contributed by atoms with Gasteiger partial charge in [0.15, 0.2) is 0 Å². The summed E-state index contributed by atoms with van der Waals surface area (Å²) in [5.74, 6) is -0.732. The maximum Gasteiger partial charge on any atom is 0.243 e. The van der Waals surface area contributed by atoms with Gasteiger partial charge in [0, 0.05) is 7.05 Å². The highest BCUT2D eigenvalue weighted by Gasteiger charge is 2.21. The summed E-state index contributed by atoms with van der Waals surface area (Å²) in [6, 6.07) is 7.29. The summed E-state index contributed by atoms with van der Waals surface area (Å²) >= 11 is 0. The van der Waals surface area contributed by atoms with Crippen molar-refractivity contribution in [2.45, 2.75) is 4.90 Å². The number of carbonyl (C=O) groups is 1. The van der Waals surface area contributed by atoms with Gasteiger partial charge in [-0.25, -0.2) is 8.42 Å². The Morgan fingerprint density at radius 3 is 2.35 bits per heavy atom. The van der Waals surface area contributed by atoms with Crippen molar-refractivity contribution in [3.63, 3.8) is 0 Å². The molecule has 0 aromatic heterocycles. The van der Waals surface area contributed by atoms with Crippen LogP contribution in [0.5, 0.6) is 0 Å². The molecule has 0 spiro atoms. The van der Waals surface area contributed by atoms with Gasteiger partial charge in [-0.05, 0) is 24.3 Å². The van der Waals surface area contributed by atoms with Crippen LogP contribution in [0.2, 0.25) is 0 Å². The van der Waals surface area contributed by atoms with Crippen molar-refractivity contribution in [2.24, 2.45) is 5.73 Å². The van der Waals surface area contributed by atoms with Crippen molar-refractivity contribution in [2.75, 3.05) is 13.6 Å². The van der Waals surface area contributed by atoms with E-state index in [-0.39, 0.29) is 11.4 Å². The van der Waals surface area contributed by atoms with Crippen molar-refractivity contribution in [3.05, 3.63) is 29.8 Å². The Bertz CT molecular complexity index is 557. The summed E-state index contributed by atoms with van der Waals surface area (Å²) in [4.78, 5) is 10.7. The van der Waals surface area contributed by atoms with E-state index in [0.29, 0.717) is 5.56 Å². The van der Waals surface area contributed by atoms with E-state index in [1.165, 1.54) is 31.3 Å². The lowest BCUT2D eigenvalue weighted by atomic mass is 10.2. The number of hydrogen-bond acceptors (Lipinski definition) is 4. The third kappa shape index (κ3) is 3.03. The van der Waals surface area contributed by atoms with Gasteiger partial charge in [0.2, 0.25) is 15.9 Å². The summed E-state index contributed by atoms with van der Waals surface area (Å²) in [6.07, 6.45) is 0. The van der Waals surface area contributed by atoms with Gasteiger partial charge in [-0.3, -0.25) is 4.79 Å². The SMILES string of the molecule is CN(CC(N)=O)S(=O)(=O)c1ccc(C#N)cc1. The number of nitrogens with two attached hydrogens (primary N) is 1. The number of amides is 1. The highest BCUT2D eigenvalue weighted by molar-refractivity contribution is 7.89. The van der Waals surface area contributed by atoms with E-state index in [0.717, 1.165) is 4.31 Å². The molecular formula is C10H11N3O3S. The third-order valence-electron chi connectivity index (χ3n) is 2.07. The monoisotopic (exact) mass is 253 g/mol. The van der Waals surface area contributed by atoms with E-state index in [1.807, 2.05) is 6.07 Å². The molecular weight excluding hydrogens is 242 g/mol. The average molecular weight is 253 g/mol. The topological polar surface area (TPSA) is 104 Å². The molecule has 0 aliphatic carbocycles. The van der Waals surface area contributed by atoms with Crippen LogP contribution in [0.3, 0.4) is 0 Å². The van der Waals surface area contributed by atoms with E-state index in [4.69, 9.17) is 11.0 Å². The lowest BCUT2D eigenvalue weighted by Crippen LogP contribution is -2.35. The molecule has 0 aliphatic rings. The molecule has 1 rings (SSSR count). The van der Waals surface area contributed by atoms with Crippen molar-refractivity contribution in [3.8, 4) is 6.07 Å². The molecule has 0 saturated heterocycles. The minimum Gasteiger partial charge on any atom is -0.369 e. The van der Waals surface area contributed by atoms with Gasteiger partial charge >= 0.3 is 0 Å². The van der Waals surface area contributed by atoms with Crippen LogP contribution in [0.15, 0.2) is 29.2 Å². The van der Waals surface area contributed by atoms with Crippen LogP contribution in [0, 0.1) is 11.3 Å². The molecule has 17 heavy (non-hydrogen) atoms. The molecule has 0 unspecified atom stereocenters. The average Bonchev–Trinajstić information content (AvgIpc) is 2.28. The Hall–Kier alpha value is -1.91. The normalized spacial score (nSPS) is 11.1. The Labute approximate surface area is 99.3 Å². The summed E-state index contributed by atoms with van der Waals surface area (Å²) < 4.78 is 24.7. The number of nitriles is 1. The molecule has 0 radical (unpaired) electrons. The Balaban J connectivity index is 3.05. The molecule has 1 aromatic carbocycles. The van der Waals surface area contributed by atoms with Crippen molar-refractivity contribution >= 4 is 15.9 Å². The molecule has 0 heterocycles. The van der Waals surface area contributed by atoms with Crippen LogP contribution in [0.25, 0.3) is 0 Å². The zero-order valence-corrected chi connectivity index (χ0v) is 9.94. The van der Waals surface area contributed by atoms with Crippen molar-refractivity contribution in [1.29, 1.82) is 5.26 Å². The number of hydrogen-bond donors (Lipinski definition) is 1. The molecule has 6 nitrogen and oxygen atoms in total. The molecule has 7 heteroatoms. The second kappa shape index (κ2) is 4.95. The zero-order chi connectivity index (χ0) is 13.1. The maximum absolute atomic E-state index is 11.9. The van der Waals surface area contributed by atoms with Crippen molar-refractivity contribution in [1.82, 2.24) is 4.31 Å². The Morgan fingerprint density at radius 2 is 1.94 bits per heavy atom.